The summed E-state index contributed by atoms with van der Waals surface area (Å²) in [6.45, 7) is 5.13. The Bertz CT molecular complexity index is 223. The molecule has 1 aliphatic rings. The minimum Gasteiger partial charge on any atom is -0.456 e. The Morgan fingerprint density at radius 2 is 2.00 bits per heavy atom. The fourth-order valence-corrected chi connectivity index (χ4v) is 1.63. The lowest BCUT2D eigenvalue weighted by Gasteiger charge is -2.20. The molecule has 80 valence electrons. The third-order valence-corrected chi connectivity index (χ3v) is 2.52. The van der Waals surface area contributed by atoms with Crippen molar-refractivity contribution in [2.45, 2.75) is 51.2 Å². The maximum Gasteiger partial charge on any atom is 0.333 e. The smallest absolute Gasteiger partial charge is 0.333 e. The van der Waals surface area contributed by atoms with E-state index in [1.807, 2.05) is 0 Å². The molecular weight excluding hydrogens is 180 g/mol. The summed E-state index contributed by atoms with van der Waals surface area (Å²) in [5.41, 5.74) is 0.390. The van der Waals surface area contributed by atoms with Crippen molar-refractivity contribution in [1.29, 1.82) is 0 Å². The number of aliphatic hydroxyl groups excluding tert-OH is 1. The average molecular weight is 198 g/mol. The van der Waals surface area contributed by atoms with Crippen molar-refractivity contribution in [1.82, 2.24) is 0 Å². The van der Waals surface area contributed by atoms with Gasteiger partial charge in [-0.3, -0.25) is 0 Å². The van der Waals surface area contributed by atoms with Crippen molar-refractivity contribution in [2.24, 2.45) is 0 Å². The molecule has 3 nitrogen and oxygen atoms in total. The summed E-state index contributed by atoms with van der Waals surface area (Å²) in [6.07, 6.45) is 3.81. The first-order valence-electron chi connectivity index (χ1n) is 5.16. The molecule has 0 radical (unpaired) electrons. The molecule has 0 aromatic heterocycles. The van der Waals surface area contributed by atoms with Gasteiger partial charge in [0.2, 0.25) is 0 Å². The summed E-state index contributed by atoms with van der Waals surface area (Å²) in [6, 6.07) is 0. The lowest BCUT2D eigenvalue weighted by molar-refractivity contribution is -0.150. The number of ether oxygens (including phenoxy) is 1. The molecule has 14 heavy (non-hydrogen) atoms. The normalized spacial score (nSPS) is 27.9. The number of hydrogen-bond donors (Lipinski definition) is 1. The molecular formula is C11H18O3. The fourth-order valence-electron chi connectivity index (χ4n) is 1.63. The second kappa shape index (κ2) is 5.15. The minimum absolute atomic E-state index is 0.332. The third-order valence-electron chi connectivity index (χ3n) is 2.52. The van der Waals surface area contributed by atoms with Gasteiger partial charge in [0.15, 0.2) is 0 Å². The number of hydrogen-bond acceptors (Lipinski definition) is 3. The van der Waals surface area contributed by atoms with Gasteiger partial charge >= 0.3 is 5.97 Å². The van der Waals surface area contributed by atoms with Crippen LogP contribution in [-0.4, -0.2) is 23.3 Å². The monoisotopic (exact) mass is 198 g/mol. The zero-order chi connectivity index (χ0) is 10.6. The number of esters is 1. The van der Waals surface area contributed by atoms with E-state index in [2.05, 4.69) is 6.58 Å². The second-order valence-corrected chi connectivity index (χ2v) is 3.93. The zero-order valence-electron chi connectivity index (χ0n) is 8.66. The first-order chi connectivity index (χ1) is 6.61. The van der Waals surface area contributed by atoms with Crippen molar-refractivity contribution >= 4 is 5.97 Å². The SMILES string of the molecule is C=C(C)C(=O)OC1CCCCCC1O. The molecule has 0 aromatic carbocycles. The van der Waals surface area contributed by atoms with Crippen LogP contribution in [0.5, 0.6) is 0 Å². The van der Waals surface area contributed by atoms with E-state index in [0.717, 1.165) is 32.1 Å². The second-order valence-electron chi connectivity index (χ2n) is 3.93. The first kappa shape index (κ1) is 11.2. The van der Waals surface area contributed by atoms with Gasteiger partial charge in [-0.2, -0.15) is 0 Å². The molecule has 2 unspecified atom stereocenters. The molecule has 1 aliphatic carbocycles. The summed E-state index contributed by atoms with van der Waals surface area (Å²) in [5.74, 6) is -0.393. The average Bonchev–Trinajstić information content (AvgIpc) is 2.32. The van der Waals surface area contributed by atoms with Crippen molar-refractivity contribution in [3.63, 3.8) is 0 Å². The van der Waals surface area contributed by atoms with Crippen LogP contribution in [0.2, 0.25) is 0 Å². The van der Waals surface area contributed by atoms with Crippen LogP contribution in [0.15, 0.2) is 12.2 Å². The highest BCUT2D eigenvalue weighted by molar-refractivity contribution is 5.87. The summed E-state index contributed by atoms with van der Waals surface area (Å²) < 4.78 is 5.16. The molecule has 0 aromatic rings. The Balaban J connectivity index is 2.48. The zero-order valence-corrected chi connectivity index (χ0v) is 8.66. The topological polar surface area (TPSA) is 46.5 Å². The highest BCUT2D eigenvalue weighted by Crippen LogP contribution is 2.21. The van der Waals surface area contributed by atoms with E-state index in [1.54, 1.807) is 6.92 Å². The van der Waals surface area contributed by atoms with Gasteiger partial charge in [-0.25, -0.2) is 4.79 Å². The highest BCUT2D eigenvalue weighted by Gasteiger charge is 2.25. The predicted octanol–water partition coefficient (Wildman–Crippen LogP) is 1.80. The Labute approximate surface area is 84.8 Å². The molecule has 1 saturated carbocycles. The molecule has 1 fully saturated rings. The molecule has 0 aliphatic heterocycles. The van der Waals surface area contributed by atoms with Gasteiger partial charge in [-0.15, -0.1) is 0 Å². The maximum atomic E-state index is 11.2. The molecule has 1 rings (SSSR count). The molecule has 0 amide bonds. The van der Waals surface area contributed by atoms with Crippen LogP contribution in [0.1, 0.15) is 39.0 Å². The van der Waals surface area contributed by atoms with Gasteiger partial charge < -0.3 is 9.84 Å². The van der Waals surface area contributed by atoms with E-state index in [9.17, 15) is 9.90 Å². The van der Waals surface area contributed by atoms with Crippen molar-refractivity contribution in [3.8, 4) is 0 Å². The van der Waals surface area contributed by atoms with E-state index in [-0.39, 0.29) is 6.10 Å². The van der Waals surface area contributed by atoms with E-state index in [4.69, 9.17) is 4.74 Å². The first-order valence-corrected chi connectivity index (χ1v) is 5.16. The Morgan fingerprint density at radius 3 is 2.64 bits per heavy atom. The van der Waals surface area contributed by atoms with Crippen LogP contribution < -0.4 is 0 Å². The Hall–Kier alpha value is -0.830. The largest absolute Gasteiger partial charge is 0.456 e. The number of rotatable bonds is 2. The summed E-state index contributed by atoms with van der Waals surface area (Å²) in [5, 5.41) is 9.67. The summed E-state index contributed by atoms with van der Waals surface area (Å²) in [4.78, 5) is 11.2. The van der Waals surface area contributed by atoms with Gasteiger partial charge in [-0.1, -0.05) is 19.4 Å². The number of carbonyl (C=O) groups excluding carboxylic acids is 1. The summed E-state index contributed by atoms with van der Waals surface area (Å²) in [7, 11) is 0. The maximum absolute atomic E-state index is 11.2. The Kier molecular flexibility index (Phi) is 4.14. The van der Waals surface area contributed by atoms with Crippen LogP contribution >= 0.6 is 0 Å². The van der Waals surface area contributed by atoms with E-state index >= 15 is 0 Å². The van der Waals surface area contributed by atoms with E-state index in [1.165, 1.54) is 0 Å². The standard InChI is InChI=1S/C11H18O3/c1-8(2)11(13)14-10-7-5-3-4-6-9(10)12/h9-10,12H,1,3-7H2,2H3. The van der Waals surface area contributed by atoms with Crippen molar-refractivity contribution < 1.29 is 14.6 Å². The molecule has 0 bridgehead atoms. The minimum atomic E-state index is -0.499. The van der Waals surface area contributed by atoms with Crippen LogP contribution in [0.25, 0.3) is 0 Å². The van der Waals surface area contributed by atoms with E-state index < -0.39 is 12.1 Å². The molecule has 2 atom stereocenters. The molecule has 3 heteroatoms. The lowest BCUT2D eigenvalue weighted by atomic mass is 10.1. The fraction of sp³-hybridized carbons (Fsp3) is 0.727. The van der Waals surface area contributed by atoms with Crippen molar-refractivity contribution in [3.05, 3.63) is 12.2 Å². The molecule has 1 N–H and O–H groups in total. The number of carbonyl (C=O) groups is 1. The van der Waals surface area contributed by atoms with Crippen LogP contribution in [0.3, 0.4) is 0 Å². The van der Waals surface area contributed by atoms with E-state index in [0.29, 0.717) is 5.57 Å². The van der Waals surface area contributed by atoms with Crippen molar-refractivity contribution in [2.75, 3.05) is 0 Å². The highest BCUT2D eigenvalue weighted by atomic mass is 16.6. The van der Waals surface area contributed by atoms with Gasteiger partial charge in [0.05, 0.1) is 6.10 Å². The van der Waals surface area contributed by atoms with Gasteiger partial charge in [-0.05, 0) is 26.2 Å². The Morgan fingerprint density at radius 1 is 1.36 bits per heavy atom. The number of aliphatic hydroxyl groups is 1. The third kappa shape index (κ3) is 3.14. The summed E-state index contributed by atoms with van der Waals surface area (Å²) >= 11 is 0. The quantitative estimate of drug-likeness (QED) is 0.418. The van der Waals surface area contributed by atoms with Crippen LogP contribution in [0.4, 0.5) is 0 Å². The lowest BCUT2D eigenvalue weighted by Crippen LogP contribution is -2.30. The molecule has 0 saturated heterocycles. The predicted molar refractivity (Wildman–Crippen MR) is 53.8 cm³/mol. The van der Waals surface area contributed by atoms with Gasteiger partial charge in [0, 0.05) is 5.57 Å². The van der Waals surface area contributed by atoms with Crippen LogP contribution in [0, 0.1) is 0 Å². The molecule has 0 heterocycles. The molecule has 0 spiro atoms. The van der Waals surface area contributed by atoms with Gasteiger partial charge in [0.1, 0.15) is 6.10 Å². The van der Waals surface area contributed by atoms with Gasteiger partial charge in [0.25, 0.3) is 0 Å². The van der Waals surface area contributed by atoms with Crippen LogP contribution in [-0.2, 0) is 9.53 Å².